The van der Waals surface area contributed by atoms with Gasteiger partial charge in [0.15, 0.2) is 5.82 Å². The van der Waals surface area contributed by atoms with Crippen molar-refractivity contribution in [3.63, 3.8) is 0 Å². The maximum Gasteiger partial charge on any atom is 0.150 e. The minimum atomic E-state index is -0.322. The first-order valence-corrected chi connectivity index (χ1v) is 5.45. The molecule has 2 aromatic rings. The number of pyridine rings is 1. The predicted molar refractivity (Wildman–Crippen MR) is 64.2 cm³/mol. The molecule has 0 N–H and O–H groups in total. The minimum Gasteiger partial charge on any atom is -0.233 e. The molecule has 1 aromatic heterocycles. The highest BCUT2D eigenvalue weighted by atomic mass is 127. The van der Waals surface area contributed by atoms with Gasteiger partial charge in [0.1, 0.15) is 10.7 Å². The monoisotopic (exact) mass is 321 g/mol. The zero-order valence-electron chi connectivity index (χ0n) is 7.31. The molecule has 0 aliphatic heterocycles. The van der Waals surface area contributed by atoms with E-state index in [-0.39, 0.29) is 5.82 Å². The van der Waals surface area contributed by atoms with E-state index in [0.29, 0.717) is 10.7 Å². The predicted octanol–water partition coefficient (Wildman–Crippen LogP) is 3.94. The van der Waals surface area contributed by atoms with Crippen molar-refractivity contribution < 1.29 is 4.39 Å². The van der Waals surface area contributed by atoms with Crippen LogP contribution in [-0.2, 0) is 0 Å². The Morgan fingerprint density at radius 3 is 2.79 bits per heavy atom. The smallest absolute Gasteiger partial charge is 0.150 e. The molecule has 1 aromatic carbocycles. The van der Waals surface area contributed by atoms with Crippen LogP contribution in [0.25, 0.3) is 10.9 Å². The molecule has 4 heteroatoms. The third-order valence-corrected chi connectivity index (χ3v) is 2.82. The highest BCUT2D eigenvalue weighted by molar-refractivity contribution is 14.1. The molecule has 0 atom stereocenters. The fraction of sp³-hybridized carbons (Fsp3) is 0.100. The highest BCUT2D eigenvalue weighted by Gasteiger charge is 2.07. The molecule has 0 aliphatic rings. The molecule has 1 nitrogen and oxygen atoms in total. The Morgan fingerprint density at radius 2 is 2.07 bits per heavy atom. The number of aryl methyl sites for hydroxylation is 1. The van der Waals surface area contributed by atoms with Crippen LogP contribution in [0, 0.1) is 16.3 Å². The van der Waals surface area contributed by atoms with E-state index >= 15 is 0 Å². The van der Waals surface area contributed by atoms with Crippen molar-refractivity contribution in [2.24, 2.45) is 0 Å². The molecule has 0 radical (unpaired) electrons. The molecule has 0 bridgehead atoms. The molecule has 72 valence electrons. The molecular formula is C10H6ClFIN. The highest BCUT2D eigenvalue weighted by Crippen LogP contribution is 2.24. The largest absolute Gasteiger partial charge is 0.233 e. The van der Waals surface area contributed by atoms with Crippen LogP contribution < -0.4 is 0 Å². The Hall–Kier alpha value is -0.420. The Morgan fingerprint density at radius 1 is 1.36 bits per heavy atom. The van der Waals surface area contributed by atoms with E-state index in [1.54, 1.807) is 6.07 Å². The molecule has 0 spiro atoms. The molecule has 0 amide bonds. The fourth-order valence-electron chi connectivity index (χ4n) is 1.38. The number of hydrogen-bond acceptors (Lipinski definition) is 1. The minimum absolute atomic E-state index is 0.322. The van der Waals surface area contributed by atoms with E-state index in [0.717, 1.165) is 14.5 Å². The number of rotatable bonds is 0. The first-order valence-electron chi connectivity index (χ1n) is 4.00. The van der Waals surface area contributed by atoms with Crippen LogP contribution in [0.3, 0.4) is 0 Å². The van der Waals surface area contributed by atoms with Crippen molar-refractivity contribution in [3.8, 4) is 0 Å². The van der Waals surface area contributed by atoms with Crippen molar-refractivity contribution in [1.82, 2.24) is 4.98 Å². The normalized spacial score (nSPS) is 10.9. The lowest BCUT2D eigenvalue weighted by atomic mass is 10.1. The second-order valence-corrected chi connectivity index (χ2v) is 4.68. The summed E-state index contributed by atoms with van der Waals surface area (Å²) in [6, 6.07) is 5.09. The van der Waals surface area contributed by atoms with Crippen molar-refractivity contribution in [2.75, 3.05) is 0 Å². The average Bonchev–Trinajstić information content (AvgIpc) is 2.07. The molecule has 0 aliphatic carbocycles. The Labute approximate surface area is 99.4 Å². The molecule has 0 fully saturated rings. The Bertz CT molecular complexity index is 466. The van der Waals surface area contributed by atoms with Crippen LogP contribution in [0.5, 0.6) is 0 Å². The van der Waals surface area contributed by atoms with Gasteiger partial charge in [-0.05, 0) is 53.3 Å². The summed E-state index contributed by atoms with van der Waals surface area (Å²) >= 11 is 7.83. The van der Waals surface area contributed by atoms with Gasteiger partial charge in [0.25, 0.3) is 0 Å². The van der Waals surface area contributed by atoms with Gasteiger partial charge in [-0.15, -0.1) is 0 Å². The van der Waals surface area contributed by atoms with Gasteiger partial charge in [0, 0.05) is 8.96 Å². The summed E-state index contributed by atoms with van der Waals surface area (Å²) in [5.74, 6) is -0.322. The van der Waals surface area contributed by atoms with Gasteiger partial charge in [0.05, 0.1) is 0 Å². The third kappa shape index (κ3) is 1.70. The number of hydrogen-bond donors (Lipinski definition) is 0. The molecule has 2 rings (SSSR count). The van der Waals surface area contributed by atoms with Crippen LogP contribution in [0.4, 0.5) is 4.39 Å². The number of fused-ring (bicyclic) bond motifs is 1. The lowest BCUT2D eigenvalue weighted by Gasteiger charge is -2.04. The first-order chi connectivity index (χ1) is 6.58. The fourth-order valence-corrected chi connectivity index (χ4v) is 2.21. The standard InChI is InChI=1S/C10H6ClFIN/c1-5-2-9(11)14-10-7(5)3-6(13)4-8(10)12/h2-4H,1H3. The number of halogens is 3. The molecular weight excluding hydrogens is 315 g/mol. The summed E-state index contributed by atoms with van der Waals surface area (Å²) in [6.07, 6.45) is 0. The summed E-state index contributed by atoms with van der Waals surface area (Å²) in [5.41, 5.74) is 1.29. The first kappa shape index (κ1) is 10.1. The van der Waals surface area contributed by atoms with Gasteiger partial charge in [0.2, 0.25) is 0 Å². The summed E-state index contributed by atoms with van der Waals surface area (Å²) in [4.78, 5) is 3.96. The maximum absolute atomic E-state index is 13.5. The van der Waals surface area contributed by atoms with Gasteiger partial charge in [-0.2, -0.15) is 0 Å². The van der Waals surface area contributed by atoms with Crippen LogP contribution >= 0.6 is 34.2 Å². The van der Waals surface area contributed by atoms with Crippen molar-refractivity contribution in [2.45, 2.75) is 6.92 Å². The van der Waals surface area contributed by atoms with Crippen LogP contribution in [0.15, 0.2) is 18.2 Å². The molecule has 0 saturated heterocycles. The Kier molecular flexibility index (Phi) is 2.62. The SMILES string of the molecule is Cc1cc(Cl)nc2c(F)cc(I)cc12. The topological polar surface area (TPSA) is 12.9 Å². The number of aromatic nitrogens is 1. The van der Waals surface area contributed by atoms with E-state index in [4.69, 9.17) is 11.6 Å². The van der Waals surface area contributed by atoms with Gasteiger partial charge in [-0.3, -0.25) is 0 Å². The lowest BCUT2D eigenvalue weighted by Crippen LogP contribution is -1.89. The third-order valence-electron chi connectivity index (χ3n) is 2.01. The second kappa shape index (κ2) is 3.62. The summed E-state index contributed by atoms with van der Waals surface area (Å²) in [6.45, 7) is 1.89. The van der Waals surface area contributed by atoms with Gasteiger partial charge < -0.3 is 0 Å². The van der Waals surface area contributed by atoms with Crippen molar-refractivity contribution in [1.29, 1.82) is 0 Å². The summed E-state index contributed by atoms with van der Waals surface area (Å²) in [7, 11) is 0. The zero-order valence-corrected chi connectivity index (χ0v) is 10.2. The van der Waals surface area contributed by atoms with E-state index in [9.17, 15) is 4.39 Å². The van der Waals surface area contributed by atoms with Crippen LogP contribution in [-0.4, -0.2) is 4.98 Å². The van der Waals surface area contributed by atoms with Gasteiger partial charge in [-0.1, -0.05) is 11.6 Å². The van der Waals surface area contributed by atoms with Crippen LogP contribution in [0.1, 0.15) is 5.56 Å². The maximum atomic E-state index is 13.5. The molecule has 0 saturated carbocycles. The van der Waals surface area contributed by atoms with Crippen molar-refractivity contribution >= 4 is 45.1 Å². The molecule has 0 unspecified atom stereocenters. The second-order valence-electron chi connectivity index (χ2n) is 3.05. The molecule has 1 heterocycles. The van der Waals surface area contributed by atoms with Gasteiger partial charge in [-0.25, -0.2) is 9.37 Å². The summed E-state index contributed by atoms with van der Waals surface area (Å²) < 4.78 is 14.3. The van der Waals surface area contributed by atoms with Crippen LogP contribution in [0.2, 0.25) is 5.15 Å². The quantitative estimate of drug-likeness (QED) is 0.529. The van der Waals surface area contributed by atoms with E-state index in [1.807, 2.05) is 13.0 Å². The molecule has 14 heavy (non-hydrogen) atoms. The summed E-state index contributed by atoms with van der Waals surface area (Å²) in [5, 5.41) is 1.15. The van der Waals surface area contributed by atoms with E-state index < -0.39 is 0 Å². The lowest BCUT2D eigenvalue weighted by molar-refractivity contribution is 0.636. The number of benzene rings is 1. The zero-order chi connectivity index (χ0) is 10.3. The number of nitrogens with zero attached hydrogens (tertiary/aromatic N) is 1. The van der Waals surface area contributed by atoms with Crippen molar-refractivity contribution in [3.05, 3.63) is 38.3 Å². The van der Waals surface area contributed by atoms with E-state index in [1.165, 1.54) is 6.07 Å². The Balaban J connectivity index is 2.94. The van der Waals surface area contributed by atoms with E-state index in [2.05, 4.69) is 27.6 Å². The van der Waals surface area contributed by atoms with Gasteiger partial charge >= 0.3 is 0 Å². The average molecular weight is 322 g/mol.